The molecular weight excluding hydrogens is 280 g/mol. The second-order valence-corrected chi connectivity index (χ2v) is 4.51. The van der Waals surface area contributed by atoms with Crippen LogP contribution in [0.5, 0.6) is 0 Å². The van der Waals surface area contributed by atoms with Crippen molar-refractivity contribution in [1.82, 2.24) is 10.2 Å². The normalized spacial score (nSPS) is 10.9. The molecule has 0 aliphatic rings. The first kappa shape index (κ1) is 11.7. The van der Waals surface area contributed by atoms with Crippen LogP contribution in [-0.4, -0.2) is 36.4 Å². The average Bonchev–Trinajstić information content (AvgIpc) is 2.50. The smallest absolute Gasteiger partial charge is 0.261 e. The fraction of sp³-hybridized carbons (Fsp3) is 0.667. The maximum Gasteiger partial charge on any atom is 0.261 e. The third-order valence-corrected chi connectivity index (χ3v) is 2.48. The van der Waals surface area contributed by atoms with Gasteiger partial charge >= 0.3 is 0 Å². The Morgan fingerprint density at radius 2 is 2.29 bits per heavy atom. The quantitative estimate of drug-likeness (QED) is 0.813. The van der Waals surface area contributed by atoms with Crippen molar-refractivity contribution in [3.05, 3.63) is 3.92 Å². The molecule has 0 aliphatic carbocycles. The minimum Gasteiger partial charge on any atom is -0.374 e. The summed E-state index contributed by atoms with van der Waals surface area (Å²) in [7, 11) is 0. The van der Waals surface area contributed by atoms with Gasteiger partial charge < -0.3 is 10.1 Å². The Morgan fingerprint density at radius 3 is 2.86 bits per heavy atom. The largest absolute Gasteiger partial charge is 0.374 e. The molecule has 0 spiro atoms. The summed E-state index contributed by atoms with van der Waals surface area (Å²) in [5.41, 5.74) is 0. The number of anilines is 1. The molecular formula is C6H8BrF2N3OS. The minimum absolute atomic E-state index is 0.224. The lowest BCUT2D eigenvalue weighted by molar-refractivity contribution is 0.0215. The van der Waals surface area contributed by atoms with Crippen molar-refractivity contribution in [3.63, 3.8) is 0 Å². The molecule has 80 valence electrons. The Bertz CT molecular complexity index is 273. The summed E-state index contributed by atoms with van der Waals surface area (Å²) in [6.45, 7) is 0.136. The van der Waals surface area contributed by atoms with Gasteiger partial charge in [0.25, 0.3) is 6.43 Å². The summed E-state index contributed by atoms with van der Waals surface area (Å²) >= 11 is 4.48. The van der Waals surface area contributed by atoms with E-state index in [9.17, 15) is 8.78 Å². The fourth-order valence-electron chi connectivity index (χ4n) is 0.679. The Morgan fingerprint density at radius 1 is 1.50 bits per heavy atom. The van der Waals surface area contributed by atoms with E-state index in [-0.39, 0.29) is 6.61 Å². The predicted molar refractivity (Wildman–Crippen MR) is 52.9 cm³/mol. The van der Waals surface area contributed by atoms with Crippen molar-refractivity contribution < 1.29 is 13.5 Å². The molecule has 1 N–H and O–H groups in total. The van der Waals surface area contributed by atoms with E-state index in [0.29, 0.717) is 15.6 Å². The highest BCUT2D eigenvalue weighted by molar-refractivity contribution is 9.11. The van der Waals surface area contributed by atoms with Crippen LogP contribution in [0.1, 0.15) is 0 Å². The summed E-state index contributed by atoms with van der Waals surface area (Å²) in [5.74, 6) is 0. The second-order valence-electron chi connectivity index (χ2n) is 2.25. The molecule has 1 heterocycles. The average molecular weight is 288 g/mol. The number of hydrogen-bond donors (Lipinski definition) is 1. The summed E-state index contributed by atoms with van der Waals surface area (Å²) in [6.07, 6.45) is -2.41. The van der Waals surface area contributed by atoms with Crippen molar-refractivity contribution >= 4 is 32.4 Å². The molecule has 1 aromatic rings. The van der Waals surface area contributed by atoms with Crippen molar-refractivity contribution in [2.24, 2.45) is 0 Å². The van der Waals surface area contributed by atoms with E-state index in [1.165, 1.54) is 11.3 Å². The number of nitrogens with one attached hydrogen (secondary N) is 1. The number of nitrogens with zero attached hydrogens (tertiary/aromatic N) is 2. The number of aromatic nitrogens is 2. The van der Waals surface area contributed by atoms with E-state index in [0.717, 1.165) is 0 Å². The molecule has 0 amide bonds. The van der Waals surface area contributed by atoms with Crippen LogP contribution in [0.3, 0.4) is 0 Å². The fourth-order valence-corrected chi connectivity index (χ4v) is 1.72. The standard InChI is InChI=1S/C6H8BrF2N3OS/c7-5-11-12-6(14-5)10-1-2-13-3-4(8)9/h4H,1-3H2,(H,10,12). The Hall–Kier alpha value is -0.340. The molecule has 0 atom stereocenters. The highest BCUT2D eigenvalue weighted by Gasteiger charge is 2.02. The minimum atomic E-state index is -2.41. The van der Waals surface area contributed by atoms with Crippen LogP contribution in [0.25, 0.3) is 0 Å². The van der Waals surface area contributed by atoms with Crippen LogP contribution >= 0.6 is 27.3 Å². The second kappa shape index (κ2) is 6.20. The van der Waals surface area contributed by atoms with Gasteiger partial charge in [-0.3, -0.25) is 0 Å². The molecule has 0 bridgehead atoms. The first-order chi connectivity index (χ1) is 6.68. The van der Waals surface area contributed by atoms with Crippen LogP contribution < -0.4 is 5.32 Å². The van der Waals surface area contributed by atoms with Crippen molar-refractivity contribution in [2.45, 2.75) is 6.43 Å². The zero-order valence-corrected chi connectivity index (χ0v) is 9.45. The predicted octanol–water partition coefficient (Wildman–Crippen LogP) is 1.99. The molecule has 0 aliphatic heterocycles. The van der Waals surface area contributed by atoms with Gasteiger partial charge in [-0.25, -0.2) is 8.78 Å². The Kier molecular flexibility index (Phi) is 5.20. The summed E-state index contributed by atoms with van der Waals surface area (Å²) < 4.78 is 28.6. The lowest BCUT2D eigenvalue weighted by atomic mass is 10.7. The summed E-state index contributed by atoms with van der Waals surface area (Å²) in [6, 6.07) is 0. The lowest BCUT2D eigenvalue weighted by Gasteiger charge is -2.03. The molecule has 1 aromatic heterocycles. The monoisotopic (exact) mass is 287 g/mol. The molecule has 0 fully saturated rings. The number of halogens is 3. The van der Waals surface area contributed by atoms with Crippen molar-refractivity contribution in [1.29, 1.82) is 0 Å². The van der Waals surface area contributed by atoms with Crippen LogP contribution in [0.2, 0.25) is 0 Å². The molecule has 0 saturated heterocycles. The van der Waals surface area contributed by atoms with Gasteiger partial charge in [0.2, 0.25) is 5.13 Å². The Balaban J connectivity index is 2.04. The van der Waals surface area contributed by atoms with Gasteiger partial charge in [0.05, 0.1) is 6.61 Å². The van der Waals surface area contributed by atoms with Gasteiger partial charge in [-0.15, -0.1) is 10.2 Å². The van der Waals surface area contributed by atoms with Gasteiger partial charge in [0.1, 0.15) is 6.61 Å². The summed E-state index contributed by atoms with van der Waals surface area (Å²) in [4.78, 5) is 0. The van der Waals surface area contributed by atoms with Crippen LogP contribution in [0, 0.1) is 0 Å². The SMILES string of the molecule is FC(F)COCCNc1nnc(Br)s1. The van der Waals surface area contributed by atoms with Gasteiger partial charge in [-0.2, -0.15) is 0 Å². The maximum atomic E-state index is 11.6. The zero-order chi connectivity index (χ0) is 10.4. The number of alkyl halides is 2. The number of ether oxygens (including phenoxy) is 1. The van der Waals surface area contributed by atoms with Gasteiger partial charge in [0, 0.05) is 6.54 Å². The molecule has 14 heavy (non-hydrogen) atoms. The molecule has 8 heteroatoms. The molecule has 0 aromatic carbocycles. The van der Waals surface area contributed by atoms with Crippen LogP contribution in [-0.2, 0) is 4.74 Å². The molecule has 0 unspecified atom stereocenters. The van der Waals surface area contributed by atoms with Crippen LogP contribution in [0.4, 0.5) is 13.9 Å². The molecule has 0 radical (unpaired) electrons. The van der Waals surface area contributed by atoms with Gasteiger partial charge in [-0.1, -0.05) is 11.3 Å². The molecule has 4 nitrogen and oxygen atoms in total. The van der Waals surface area contributed by atoms with Crippen LogP contribution in [0.15, 0.2) is 3.92 Å². The van der Waals surface area contributed by atoms with Gasteiger partial charge in [-0.05, 0) is 15.9 Å². The van der Waals surface area contributed by atoms with E-state index in [4.69, 9.17) is 0 Å². The van der Waals surface area contributed by atoms with E-state index in [1.807, 2.05) is 0 Å². The van der Waals surface area contributed by atoms with E-state index in [1.54, 1.807) is 0 Å². The lowest BCUT2D eigenvalue weighted by Crippen LogP contribution is -2.12. The van der Waals surface area contributed by atoms with Crippen molar-refractivity contribution in [2.75, 3.05) is 25.1 Å². The third-order valence-electron chi connectivity index (χ3n) is 1.17. The molecule has 1 rings (SSSR count). The van der Waals surface area contributed by atoms with Crippen molar-refractivity contribution in [3.8, 4) is 0 Å². The Labute approximate surface area is 91.8 Å². The first-order valence-electron chi connectivity index (χ1n) is 3.77. The number of hydrogen-bond acceptors (Lipinski definition) is 5. The van der Waals surface area contributed by atoms with E-state index in [2.05, 4.69) is 36.2 Å². The topological polar surface area (TPSA) is 47.0 Å². The summed E-state index contributed by atoms with van der Waals surface area (Å²) in [5, 5.41) is 11.0. The van der Waals surface area contributed by atoms with E-state index >= 15 is 0 Å². The highest BCUT2D eigenvalue weighted by atomic mass is 79.9. The first-order valence-corrected chi connectivity index (χ1v) is 5.38. The highest BCUT2D eigenvalue weighted by Crippen LogP contribution is 2.19. The number of rotatable bonds is 6. The van der Waals surface area contributed by atoms with Gasteiger partial charge in [0.15, 0.2) is 3.92 Å². The third kappa shape index (κ3) is 4.77. The maximum absolute atomic E-state index is 11.6. The zero-order valence-electron chi connectivity index (χ0n) is 7.04. The molecule has 0 saturated carbocycles. The van der Waals surface area contributed by atoms with E-state index < -0.39 is 13.0 Å².